The van der Waals surface area contributed by atoms with E-state index in [4.69, 9.17) is 5.73 Å². The van der Waals surface area contributed by atoms with Crippen LogP contribution in [0.15, 0.2) is 20.8 Å². The molecule has 0 bridgehead atoms. The molecule has 0 fully saturated rings. The fraction of sp³-hybridized carbons (Fsp3) is 1.00. The molecule has 52 valence electrons. The van der Waals surface area contributed by atoms with Gasteiger partial charge in [-0.05, 0) is 23.4 Å². The lowest BCUT2D eigenvalue weighted by atomic mass is 10.4. The summed E-state index contributed by atoms with van der Waals surface area (Å²) in [6.07, 6.45) is 0.809. The molecule has 0 unspecified atom stereocenters. The van der Waals surface area contributed by atoms with Gasteiger partial charge in [-0.1, -0.05) is 5.22 Å². The fourth-order valence-electron chi connectivity index (χ4n) is 0.258. The Morgan fingerprint density at radius 2 is 2.00 bits per heavy atom. The van der Waals surface area contributed by atoms with Crippen molar-refractivity contribution in [3.8, 4) is 0 Å². The van der Waals surface area contributed by atoms with Gasteiger partial charge in [-0.15, -0.1) is 0 Å². The van der Waals surface area contributed by atoms with Gasteiger partial charge in [0.25, 0.3) is 0 Å². The minimum atomic E-state index is 0.579. The third kappa shape index (κ3) is 6.96. The molecule has 9 heavy (non-hydrogen) atoms. The second-order valence-corrected chi connectivity index (χ2v) is 1.30. The molecule has 4 N–H and O–H groups in total. The van der Waals surface area contributed by atoms with Crippen molar-refractivity contribution in [3.05, 3.63) is 0 Å². The average Bonchev–Trinajstić information content (AvgIpc) is 1.89. The molecule has 6 nitrogen and oxygen atoms in total. The van der Waals surface area contributed by atoms with Gasteiger partial charge in [-0.25, -0.2) is 0 Å². The Balaban J connectivity index is 3.04. The second kappa shape index (κ2) is 6.96. The fourth-order valence-corrected chi connectivity index (χ4v) is 0.258. The van der Waals surface area contributed by atoms with Crippen molar-refractivity contribution in [2.75, 3.05) is 13.1 Å². The Labute approximate surface area is 53.0 Å². The van der Waals surface area contributed by atoms with Crippen LogP contribution in [0.4, 0.5) is 0 Å². The average molecular weight is 130 g/mol. The number of nitrogens with zero attached hydrogens (tertiary/aromatic N) is 4. The van der Waals surface area contributed by atoms with Crippen molar-refractivity contribution in [1.82, 2.24) is 0 Å². The van der Waals surface area contributed by atoms with Crippen LogP contribution >= 0.6 is 0 Å². The lowest BCUT2D eigenvalue weighted by molar-refractivity contribution is 0.767. The van der Waals surface area contributed by atoms with Gasteiger partial charge in [0.05, 0.1) is 6.54 Å². The Hall–Kier alpha value is -1.04. The number of hydrogen-bond acceptors (Lipinski definition) is 3. The molecule has 0 aromatic heterocycles. The number of nitrogens with two attached hydrogens (primary N) is 2. The molecule has 0 heterocycles. The monoisotopic (exact) mass is 130 g/mol. The molecule has 0 aliphatic heterocycles. The zero-order valence-corrected chi connectivity index (χ0v) is 5.06. The molecular weight excluding hydrogens is 120 g/mol. The molecule has 0 amide bonds. The van der Waals surface area contributed by atoms with Gasteiger partial charge in [0, 0.05) is 0 Å². The first-order valence-electron chi connectivity index (χ1n) is 2.58. The van der Waals surface area contributed by atoms with E-state index in [1.807, 2.05) is 0 Å². The molecule has 0 aliphatic rings. The van der Waals surface area contributed by atoms with Crippen LogP contribution in [0.1, 0.15) is 6.42 Å². The van der Waals surface area contributed by atoms with Gasteiger partial charge in [0.1, 0.15) is 0 Å². The summed E-state index contributed by atoms with van der Waals surface area (Å²) in [5.41, 5.74) is 5.16. The summed E-state index contributed by atoms with van der Waals surface area (Å²) < 4.78 is 0. The van der Waals surface area contributed by atoms with Gasteiger partial charge in [-0.2, -0.15) is 5.11 Å². The molecule has 0 spiro atoms. The number of hydrogen-bond donors (Lipinski definition) is 2. The molecule has 6 heteroatoms. The zero-order valence-electron chi connectivity index (χ0n) is 5.06. The molecule has 0 aromatic carbocycles. The minimum absolute atomic E-state index is 0.579. The third-order valence-corrected chi connectivity index (χ3v) is 0.617. The van der Waals surface area contributed by atoms with Crippen LogP contribution in [0.5, 0.6) is 0 Å². The summed E-state index contributed by atoms with van der Waals surface area (Å²) in [5, 5.41) is 12.7. The topological polar surface area (TPSA) is 101 Å². The van der Waals surface area contributed by atoms with Crippen LogP contribution in [0.3, 0.4) is 0 Å². The SMILES string of the molecule is NCCCN=N/N=N/N. The maximum absolute atomic E-state index is 5.16. The highest BCUT2D eigenvalue weighted by Crippen LogP contribution is 1.80. The molecule has 0 radical (unpaired) electrons. The predicted octanol–water partition coefficient (Wildman–Crippen LogP) is 0.0283. The molecule has 0 aromatic rings. The Morgan fingerprint density at radius 3 is 2.56 bits per heavy atom. The lowest BCUT2D eigenvalue weighted by Crippen LogP contribution is -1.99. The van der Waals surface area contributed by atoms with E-state index in [9.17, 15) is 0 Å². The Morgan fingerprint density at radius 1 is 1.22 bits per heavy atom. The highest BCUT2D eigenvalue weighted by atomic mass is 15.5. The van der Waals surface area contributed by atoms with Crippen LogP contribution < -0.4 is 11.6 Å². The Bertz CT molecular complexity index is 96.5. The molecular formula is C3H10N6. The summed E-state index contributed by atoms with van der Waals surface area (Å²) in [5.74, 6) is 4.62. The predicted molar refractivity (Wildman–Crippen MR) is 32.4 cm³/mol. The molecule has 0 rings (SSSR count). The quantitative estimate of drug-likeness (QED) is 0.242. The van der Waals surface area contributed by atoms with Crippen molar-refractivity contribution in [2.45, 2.75) is 6.42 Å². The van der Waals surface area contributed by atoms with Crippen LogP contribution in [0.25, 0.3) is 0 Å². The first-order chi connectivity index (χ1) is 4.41. The van der Waals surface area contributed by atoms with Crippen LogP contribution in [0, 0.1) is 0 Å². The van der Waals surface area contributed by atoms with E-state index in [-0.39, 0.29) is 0 Å². The van der Waals surface area contributed by atoms with Gasteiger partial charge < -0.3 is 11.6 Å². The summed E-state index contributed by atoms with van der Waals surface area (Å²) in [4.78, 5) is 0. The molecule has 0 saturated heterocycles. The number of rotatable bonds is 4. The van der Waals surface area contributed by atoms with E-state index in [2.05, 4.69) is 26.6 Å². The molecule has 0 saturated carbocycles. The van der Waals surface area contributed by atoms with Crippen molar-refractivity contribution in [2.24, 2.45) is 32.4 Å². The third-order valence-electron chi connectivity index (χ3n) is 0.617. The first-order valence-corrected chi connectivity index (χ1v) is 2.58. The van der Waals surface area contributed by atoms with E-state index in [0.29, 0.717) is 13.1 Å². The van der Waals surface area contributed by atoms with E-state index in [1.54, 1.807) is 0 Å². The van der Waals surface area contributed by atoms with E-state index in [0.717, 1.165) is 6.42 Å². The summed E-state index contributed by atoms with van der Waals surface area (Å²) in [7, 11) is 0. The van der Waals surface area contributed by atoms with Gasteiger partial charge >= 0.3 is 0 Å². The highest BCUT2D eigenvalue weighted by Gasteiger charge is 1.76. The van der Waals surface area contributed by atoms with Crippen LogP contribution in [-0.2, 0) is 0 Å². The normalized spacial score (nSPS) is 11.7. The smallest absolute Gasteiger partial charge is 0.0633 e. The maximum atomic E-state index is 5.16. The van der Waals surface area contributed by atoms with Gasteiger partial charge in [0.2, 0.25) is 0 Å². The Kier molecular flexibility index (Phi) is 6.16. The standard InChI is InChI=1S/C3H10N6/c4-2-1-3-6-8-9-7-5/h1-4H2,(H2,5,6,9). The largest absolute Gasteiger partial charge is 0.330 e. The van der Waals surface area contributed by atoms with E-state index < -0.39 is 0 Å². The van der Waals surface area contributed by atoms with Crippen molar-refractivity contribution >= 4 is 0 Å². The van der Waals surface area contributed by atoms with Crippen molar-refractivity contribution in [3.63, 3.8) is 0 Å². The van der Waals surface area contributed by atoms with Crippen LogP contribution in [-0.4, -0.2) is 13.1 Å². The zero-order chi connectivity index (χ0) is 6.95. The van der Waals surface area contributed by atoms with Crippen molar-refractivity contribution in [1.29, 1.82) is 0 Å². The van der Waals surface area contributed by atoms with E-state index in [1.165, 1.54) is 0 Å². The van der Waals surface area contributed by atoms with Gasteiger partial charge in [0.15, 0.2) is 0 Å². The van der Waals surface area contributed by atoms with Crippen molar-refractivity contribution < 1.29 is 0 Å². The first kappa shape index (κ1) is 7.96. The minimum Gasteiger partial charge on any atom is -0.330 e. The summed E-state index contributed by atoms with van der Waals surface area (Å²) in [6, 6.07) is 0. The lowest BCUT2D eigenvalue weighted by Gasteiger charge is -1.83. The maximum Gasteiger partial charge on any atom is 0.0633 e. The van der Waals surface area contributed by atoms with Crippen LogP contribution in [0.2, 0.25) is 0 Å². The molecule has 0 atom stereocenters. The summed E-state index contributed by atoms with van der Waals surface area (Å²) in [6.45, 7) is 1.19. The molecule has 0 aliphatic carbocycles. The van der Waals surface area contributed by atoms with E-state index >= 15 is 0 Å². The highest BCUT2D eigenvalue weighted by molar-refractivity contribution is 4.38. The summed E-state index contributed by atoms with van der Waals surface area (Å²) >= 11 is 0. The van der Waals surface area contributed by atoms with Gasteiger partial charge in [-0.3, -0.25) is 0 Å². The second-order valence-electron chi connectivity index (χ2n) is 1.30.